The maximum atomic E-state index is 13.2. The number of hydrogen-bond donors (Lipinski definition) is 1. The van der Waals surface area contributed by atoms with Gasteiger partial charge >= 0.3 is 12.1 Å². The lowest BCUT2D eigenvalue weighted by molar-refractivity contribution is -0.148. The number of halogens is 3. The van der Waals surface area contributed by atoms with Crippen LogP contribution in [0.2, 0.25) is 0 Å². The molecule has 1 amide bonds. The molecule has 1 aromatic carbocycles. The Bertz CT molecular complexity index is 685. The van der Waals surface area contributed by atoms with Gasteiger partial charge in [-0.25, -0.2) is 0 Å². The van der Waals surface area contributed by atoms with Crippen LogP contribution in [-0.2, 0) is 20.5 Å². The quantitative estimate of drug-likeness (QED) is 0.864. The number of alkyl halides is 3. The predicted octanol–water partition coefficient (Wildman–Crippen LogP) is 2.90. The van der Waals surface area contributed by atoms with Crippen LogP contribution >= 0.6 is 0 Å². The summed E-state index contributed by atoms with van der Waals surface area (Å²) in [5, 5.41) is 9.13. The molecule has 0 aromatic heterocycles. The molecule has 0 spiro atoms. The van der Waals surface area contributed by atoms with Crippen LogP contribution in [-0.4, -0.2) is 47.7 Å². The maximum Gasteiger partial charge on any atom is 0.416 e. The minimum Gasteiger partial charge on any atom is -0.480 e. The Kier molecular flexibility index (Phi) is 5.22. The fourth-order valence-electron chi connectivity index (χ4n) is 3.63. The summed E-state index contributed by atoms with van der Waals surface area (Å²) in [4.78, 5) is 25.3. The van der Waals surface area contributed by atoms with Gasteiger partial charge in [0.1, 0.15) is 6.54 Å². The lowest BCUT2D eigenvalue weighted by Crippen LogP contribution is -2.46. The van der Waals surface area contributed by atoms with Crippen molar-refractivity contribution in [1.29, 1.82) is 0 Å². The van der Waals surface area contributed by atoms with E-state index in [9.17, 15) is 22.8 Å². The largest absolute Gasteiger partial charge is 0.480 e. The first-order valence-electron chi connectivity index (χ1n) is 8.55. The fourth-order valence-corrected chi connectivity index (χ4v) is 3.63. The third-order valence-electron chi connectivity index (χ3n) is 4.99. The molecule has 0 bridgehead atoms. The SMILES string of the molecule is O=C(O)CN(C(=O)[C@@H]1C[C@@H]1c1ccccc1C(F)(F)F)C1CCOCC1. The van der Waals surface area contributed by atoms with Crippen molar-refractivity contribution >= 4 is 11.9 Å². The number of ether oxygens (including phenoxy) is 1. The van der Waals surface area contributed by atoms with Gasteiger partial charge in [-0.3, -0.25) is 9.59 Å². The summed E-state index contributed by atoms with van der Waals surface area (Å²) < 4.78 is 44.8. The lowest BCUT2D eigenvalue weighted by atomic mass is 10.0. The van der Waals surface area contributed by atoms with Crippen LogP contribution in [0.4, 0.5) is 13.2 Å². The molecule has 26 heavy (non-hydrogen) atoms. The van der Waals surface area contributed by atoms with Crippen molar-refractivity contribution < 1.29 is 32.6 Å². The Labute approximate surface area is 148 Å². The van der Waals surface area contributed by atoms with E-state index in [1.807, 2.05) is 0 Å². The van der Waals surface area contributed by atoms with Gasteiger partial charge in [0.2, 0.25) is 5.91 Å². The number of carbonyl (C=O) groups is 2. The van der Waals surface area contributed by atoms with Gasteiger partial charge in [0.05, 0.1) is 5.56 Å². The van der Waals surface area contributed by atoms with Crippen LogP contribution in [0.5, 0.6) is 0 Å². The van der Waals surface area contributed by atoms with Crippen LogP contribution < -0.4 is 0 Å². The van der Waals surface area contributed by atoms with Crippen molar-refractivity contribution in [1.82, 2.24) is 4.90 Å². The van der Waals surface area contributed by atoms with Crippen LogP contribution in [0, 0.1) is 5.92 Å². The summed E-state index contributed by atoms with van der Waals surface area (Å²) in [5.74, 6) is -2.61. The van der Waals surface area contributed by atoms with Gasteiger partial charge in [0, 0.05) is 25.2 Å². The van der Waals surface area contributed by atoms with Gasteiger partial charge in [0.25, 0.3) is 0 Å². The number of carboxylic acids is 1. The molecular formula is C18H20F3NO4. The highest BCUT2D eigenvalue weighted by molar-refractivity contribution is 5.86. The summed E-state index contributed by atoms with van der Waals surface area (Å²) in [6.07, 6.45) is -3.09. The van der Waals surface area contributed by atoms with Gasteiger partial charge < -0.3 is 14.7 Å². The van der Waals surface area contributed by atoms with E-state index < -0.39 is 36.1 Å². The Morgan fingerprint density at radius 2 is 1.85 bits per heavy atom. The number of benzene rings is 1. The average molecular weight is 371 g/mol. The highest BCUT2D eigenvalue weighted by Crippen LogP contribution is 2.52. The van der Waals surface area contributed by atoms with E-state index in [1.165, 1.54) is 23.1 Å². The topological polar surface area (TPSA) is 66.8 Å². The molecule has 0 unspecified atom stereocenters. The number of carboxylic acid groups (broad SMARTS) is 1. The zero-order chi connectivity index (χ0) is 18.9. The summed E-state index contributed by atoms with van der Waals surface area (Å²) >= 11 is 0. The first-order chi connectivity index (χ1) is 12.3. The zero-order valence-electron chi connectivity index (χ0n) is 14.0. The summed E-state index contributed by atoms with van der Waals surface area (Å²) in [6.45, 7) is 0.450. The monoisotopic (exact) mass is 371 g/mol. The molecule has 1 aromatic rings. The molecular weight excluding hydrogens is 351 g/mol. The highest BCUT2D eigenvalue weighted by atomic mass is 19.4. The molecule has 8 heteroatoms. The van der Waals surface area contributed by atoms with Gasteiger partial charge in [0.15, 0.2) is 0 Å². The molecule has 3 rings (SSSR count). The minimum absolute atomic E-state index is 0.112. The smallest absolute Gasteiger partial charge is 0.416 e. The molecule has 1 saturated heterocycles. The van der Waals surface area contributed by atoms with E-state index >= 15 is 0 Å². The van der Waals surface area contributed by atoms with Crippen LogP contribution in [0.25, 0.3) is 0 Å². The van der Waals surface area contributed by atoms with Gasteiger partial charge in [-0.2, -0.15) is 13.2 Å². The molecule has 0 radical (unpaired) electrons. The molecule has 142 valence electrons. The Morgan fingerprint density at radius 1 is 1.19 bits per heavy atom. The number of nitrogens with zero attached hydrogens (tertiary/aromatic N) is 1. The van der Waals surface area contributed by atoms with Gasteiger partial charge in [-0.05, 0) is 36.8 Å². The number of carbonyl (C=O) groups excluding carboxylic acids is 1. The minimum atomic E-state index is -4.48. The van der Waals surface area contributed by atoms with Crippen LogP contribution in [0.1, 0.15) is 36.3 Å². The first kappa shape index (κ1) is 18.7. The van der Waals surface area contributed by atoms with E-state index in [0.29, 0.717) is 32.5 Å². The number of aliphatic carboxylic acids is 1. The second-order valence-electron chi connectivity index (χ2n) is 6.74. The normalized spacial score (nSPS) is 23.5. The maximum absolute atomic E-state index is 13.2. The molecule has 2 fully saturated rings. The summed E-state index contributed by atoms with van der Waals surface area (Å²) in [6, 6.07) is 5.02. The first-order valence-corrected chi connectivity index (χ1v) is 8.55. The molecule has 1 heterocycles. The van der Waals surface area contributed by atoms with E-state index in [-0.39, 0.29) is 17.5 Å². The van der Waals surface area contributed by atoms with Crippen molar-refractivity contribution in [2.75, 3.05) is 19.8 Å². The molecule has 1 N–H and O–H groups in total. The Balaban J connectivity index is 1.77. The average Bonchev–Trinajstić information content (AvgIpc) is 3.39. The summed E-state index contributed by atoms with van der Waals surface area (Å²) in [5.41, 5.74) is -0.614. The van der Waals surface area contributed by atoms with Crippen molar-refractivity contribution in [3.63, 3.8) is 0 Å². The van der Waals surface area contributed by atoms with E-state index in [1.54, 1.807) is 0 Å². The number of hydrogen-bond acceptors (Lipinski definition) is 3. The third-order valence-corrected chi connectivity index (χ3v) is 4.99. The van der Waals surface area contributed by atoms with Crippen molar-refractivity contribution in [3.05, 3.63) is 35.4 Å². The van der Waals surface area contributed by atoms with Crippen molar-refractivity contribution in [3.8, 4) is 0 Å². The molecule has 1 saturated carbocycles. The second-order valence-corrected chi connectivity index (χ2v) is 6.74. The fraction of sp³-hybridized carbons (Fsp3) is 0.556. The zero-order valence-corrected chi connectivity index (χ0v) is 14.0. The van der Waals surface area contributed by atoms with E-state index in [2.05, 4.69) is 0 Å². The molecule has 1 aliphatic carbocycles. The third kappa shape index (κ3) is 4.00. The lowest BCUT2D eigenvalue weighted by Gasteiger charge is -2.33. The number of rotatable bonds is 5. The molecule has 2 aliphatic rings. The molecule has 2 atom stereocenters. The summed E-state index contributed by atoms with van der Waals surface area (Å²) in [7, 11) is 0. The van der Waals surface area contributed by atoms with Crippen molar-refractivity contribution in [2.45, 2.75) is 37.4 Å². The Morgan fingerprint density at radius 3 is 2.46 bits per heavy atom. The highest BCUT2D eigenvalue weighted by Gasteiger charge is 2.50. The standard InChI is InChI=1S/C18H20F3NO4/c19-18(20,21)15-4-2-1-3-12(15)13-9-14(13)17(25)22(10-16(23)24)11-5-7-26-8-6-11/h1-4,11,13-14H,5-10H2,(H,23,24)/t13-,14-/m1/s1. The number of amides is 1. The second kappa shape index (κ2) is 7.26. The Hall–Kier alpha value is -2.09. The van der Waals surface area contributed by atoms with Gasteiger partial charge in [-0.1, -0.05) is 18.2 Å². The van der Waals surface area contributed by atoms with E-state index in [4.69, 9.17) is 9.84 Å². The van der Waals surface area contributed by atoms with Crippen LogP contribution in [0.3, 0.4) is 0 Å². The van der Waals surface area contributed by atoms with E-state index in [0.717, 1.165) is 6.07 Å². The molecule has 1 aliphatic heterocycles. The van der Waals surface area contributed by atoms with Crippen LogP contribution in [0.15, 0.2) is 24.3 Å². The predicted molar refractivity (Wildman–Crippen MR) is 85.5 cm³/mol. The van der Waals surface area contributed by atoms with Crippen molar-refractivity contribution in [2.24, 2.45) is 5.92 Å². The molecule has 5 nitrogen and oxygen atoms in total. The van der Waals surface area contributed by atoms with Gasteiger partial charge in [-0.15, -0.1) is 0 Å².